The molecule has 1 aliphatic rings. The zero-order valence-electron chi connectivity index (χ0n) is 11.9. The number of carbonyl (C=O) groups is 2. The van der Waals surface area contributed by atoms with Gasteiger partial charge in [0.25, 0.3) is 5.91 Å². The van der Waals surface area contributed by atoms with Crippen LogP contribution >= 0.6 is 23.1 Å². The van der Waals surface area contributed by atoms with E-state index >= 15 is 0 Å². The molecule has 0 saturated carbocycles. The molecule has 2 aromatic heterocycles. The van der Waals surface area contributed by atoms with Gasteiger partial charge in [-0.25, -0.2) is 9.78 Å². The van der Waals surface area contributed by atoms with E-state index in [0.717, 1.165) is 10.6 Å². The highest BCUT2D eigenvalue weighted by Crippen LogP contribution is 2.24. The van der Waals surface area contributed by atoms with Crippen LogP contribution in [0.25, 0.3) is 10.8 Å². The third-order valence-corrected chi connectivity index (χ3v) is 4.82. The van der Waals surface area contributed by atoms with Gasteiger partial charge in [0.2, 0.25) is 5.89 Å². The van der Waals surface area contributed by atoms with Gasteiger partial charge in [-0.05, 0) is 29.9 Å². The number of imide groups is 1. The average Bonchev–Trinajstić information content (AvgIpc) is 3.22. The molecule has 3 amide bonds. The number of carbonyl (C=O) groups excluding carboxylic acids is 2. The number of aromatic nitrogens is 1. The first-order valence-corrected chi connectivity index (χ1v) is 9.05. The molecule has 1 unspecified atom stereocenters. The maximum absolute atomic E-state index is 12.2. The van der Waals surface area contributed by atoms with E-state index in [1.165, 1.54) is 22.5 Å². The number of oxazole rings is 1. The standard InChI is InChI=1S/C14H15N3O3S2/c1-21-6-4-10-13(18)17(14(19)16-10)7-9-8-20-12(15-9)11-3-2-5-22-11/h2-3,5,8,10H,4,6-7H2,1H3,(H,16,19). The van der Waals surface area contributed by atoms with E-state index in [4.69, 9.17) is 4.42 Å². The topological polar surface area (TPSA) is 75.4 Å². The highest BCUT2D eigenvalue weighted by atomic mass is 32.2. The summed E-state index contributed by atoms with van der Waals surface area (Å²) in [5.74, 6) is 1.15. The van der Waals surface area contributed by atoms with Crippen LogP contribution in [0.1, 0.15) is 12.1 Å². The van der Waals surface area contributed by atoms with Gasteiger partial charge in [0.1, 0.15) is 12.3 Å². The molecule has 1 aliphatic heterocycles. The summed E-state index contributed by atoms with van der Waals surface area (Å²) >= 11 is 3.17. The first-order chi connectivity index (χ1) is 10.7. The second-order valence-corrected chi connectivity index (χ2v) is 6.76. The number of rotatable bonds is 6. The molecule has 0 radical (unpaired) electrons. The minimum atomic E-state index is -0.427. The molecule has 3 rings (SSSR count). The number of nitrogens with zero attached hydrogens (tertiary/aromatic N) is 2. The Labute approximate surface area is 135 Å². The molecule has 0 bridgehead atoms. The predicted octanol–water partition coefficient (Wildman–Crippen LogP) is 2.58. The van der Waals surface area contributed by atoms with Crippen LogP contribution < -0.4 is 5.32 Å². The molecule has 8 heteroatoms. The summed E-state index contributed by atoms with van der Waals surface area (Å²) in [5, 5.41) is 4.65. The van der Waals surface area contributed by atoms with Crippen molar-refractivity contribution in [1.82, 2.24) is 15.2 Å². The second-order valence-electron chi connectivity index (χ2n) is 4.83. The maximum Gasteiger partial charge on any atom is 0.325 e. The van der Waals surface area contributed by atoms with Crippen molar-refractivity contribution in [2.75, 3.05) is 12.0 Å². The Morgan fingerprint density at radius 1 is 1.50 bits per heavy atom. The van der Waals surface area contributed by atoms with Crippen LogP contribution in [0.15, 0.2) is 28.2 Å². The van der Waals surface area contributed by atoms with Gasteiger partial charge < -0.3 is 9.73 Å². The number of nitrogens with one attached hydrogen (secondary N) is 1. The molecule has 3 heterocycles. The molecular weight excluding hydrogens is 322 g/mol. The van der Waals surface area contributed by atoms with Crippen molar-refractivity contribution in [3.63, 3.8) is 0 Å². The summed E-state index contributed by atoms with van der Waals surface area (Å²) in [6.07, 6.45) is 4.10. The van der Waals surface area contributed by atoms with Crippen LogP contribution in [0.5, 0.6) is 0 Å². The highest BCUT2D eigenvalue weighted by molar-refractivity contribution is 7.98. The summed E-state index contributed by atoms with van der Waals surface area (Å²) in [4.78, 5) is 30.6. The van der Waals surface area contributed by atoms with Gasteiger partial charge in [-0.3, -0.25) is 9.69 Å². The van der Waals surface area contributed by atoms with E-state index in [1.54, 1.807) is 11.8 Å². The number of hydrogen-bond donors (Lipinski definition) is 1. The zero-order valence-corrected chi connectivity index (χ0v) is 13.6. The molecule has 2 aromatic rings. The fourth-order valence-corrected chi connectivity index (χ4v) is 3.34. The van der Waals surface area contributed by atoms with Crippen LogP contribution in [0.2, 0.25) is 0 Å². The lowest BCUT2D eigenvalue weighted by Gasteiger charge is -2.10. The quantitative estimate of drug-likeness (QED) is 0.820. The number of hydrogen-bond acceptors (Lipinski definition) is 6. The molecule has 116 valence electrons. The fraction of sp³-hybridized carbons (Fsp3) is 0.357. The molecular formula is C14H15N3O3S2. The zero-order chi connectivity index (χ0) is 15.5. The lowest BCUT2D eigenvalue weighted by atomic mass is 10.2. The Kier molecular flexibility index (Phi) is 4.49. The van der Waals surface area contributed by atoms with Crippen molar-refractivity contribution in [3.8, 4) is 10.8 Å². The van der Waals surface area contributed by atoms with Gasteiger partial charge in [0.15, 0.2) is 0 Å². The lowest BCUT2D eigenvalue weighted by Crippen LogP contribution is -2.31. The second kappa shape index (κ2) is 6.53. The number of urea groups is 1. The monoisotopic (exact) mass is 337 g/mol. The van der Waals surface area contributed by atoms with E-state index in [-0.39, 0.29) is 18.5 Å². The van der Waals surface area contributed by atoms with Gasteiger partial charge in [-0.2, -0.15) is 11.8 Å². The molecule has 0 aromatic carbocycles. The van der Waals surface area contributed by atoms with Crippen LogP contribution in [-0.4, -0.2) is 39.9 Å². The van der Waals surface area contributed by atoms with Gasteiger partial charge in [0.05, 0.1) is 17.1 Å². The molecule has 1 atom stereocenters. The van der Waals surface area contributed by atoms with Crippen LogP contribution in [0, 0.1) is 0 Å². The van der Waals surface area contributed by atoms with E-state index in [1.807, 2.05) is 23.8 Å². The SMILES string of the molecule is CSCCC1NC(=O)N(Cc2coc(-c3cccs3)n2)C1=O. The summed E-state index contributed by atoms with van der Waals surface area (Å²) in [7, 11) is 0. The molecule has 0 aliphatic carbocycles. The summed E-state index contributed by atoms with van der Waals surface area (Å²) in [6.45, 7) is 0.134. The van der Waals surface area contributed by atoms with E-state index in [0.29, 0.717) is 18.0 Å². The fourth-order valence-electron chi connectivity index (χ4n) is 2.21. The Hall–Kier alpha value is -1.80. The van der Waals surface area contributed by atoms with E-state index in [9.17, 15) is 9.59 Å². The Morgan fingerprint density at radius 2 is 2.36 bits per heavy atom. The summed E-state index contributed by atoms with van der Waals surface area (Å²) < 4.78 is 5.41. The van der Waals surface area contributed by atoms with Crippen LogP contribution in [-0.2, 0) is 11.3 Å². The van der Waals surface area contributed by atoms with Crippen molar-refractivity contribution in [3.05, 3.63) is 29.5 Å². The highest BCUT2D eigenvalue weighted by Gasteiger charge is 2.37. The first-order valence-electron chi connectivity index (χ1n) is 6.78. The van der Waals surface area contributed by atoms with Crippen molar-refractivity contribution >= 4 is 35.0 Å². The third kappa shape index (κ3) is 3.02. The summed E-state index contributed by atoms with van der Waals surface area (Å²) in [5.41, 5.74) is 0.567. The summed E-state index contributed by atoms with van der Waals surface area (Å²) in [6, 6.07) is 3.03. The number of amides is 3. The van der Waals surface area contributed by atoms with Crippen molar-refractivity contribution < 1.29 is 14.0 Å². The Bertz CT molecular complexity index is 669. The van der Waals surface area contributed by atoms with Crippen molar-refractivity contribution in [2.45, 2.75) is 19.0 Å². The van der Waals surface area contributed by atoms with Crippen molar-refractivity contribution in [1.29, 1.82) is 0 Å². The third-order valence-electron chi connectivity index (χ3n) is 3.32. The normalized spacial score (nSPS) is 18.0. The predicted molar refractivity (Wildman–Crippen MR) is 85.7 cm³/mol. The first kappa shape index (κ1) is 15.1. The molecule has 1 fully saturated rings. The minimum absolute atomic E-state index is 0.134. The van der Waals surface area contributed by atoms with Gasteiger partial charge in [0, 0.05) is 0 Å². The largest absolute Gasteiger partial charge is 0.443 e. The maximum atomic E-state index is 12.2. The average molecular weight is 337 g/mol. The molecule has 6 nitrogen and oxygen atoms in total. The number of thiophene rings is 1. The van der Waals surface area contributed by atoms with Gasteiger partial charge in [-0.15, -0.1) is 11.3 Å². The van der Waals surface area contributed by atoms with Crippen molar-refractivity contribution in [2.24, 2.45) is 0 Å². The van der Waals surface area contributed by atoms with E-state index in [2.05, 4.69) is 10.3 Å². The van der Waals surface area contributed by atoms with Gasteiger partial charge >= 0.3 is 6.03 Å². The minimum Gasteiger partial charge on any atom is -0.443 e. The smallest absolute Gasteiger partial charge is 0.325 e. The Morgan fingerprint density at radius 3 is 3.09 bits per heavy atom. The molecule has 1 saturated heterocycles. The lowest BCUT2D eigenvalue weighted by molar-refractivity contribution is -0.127. The van der Waals surface area contributed by atoms with Crippen LogP contribution in [0.4, 0.5) is 4.79 Å². The molecule has 22 heavy (non-hydrogen) atoms. The van der Waals surface area contributed by atoms with E-state index < -0.39 is 6.04 Å². The molecule has 0 spiro atoms. The Balaban J connectivity index is 1.68. The molecule has 1 N–H and O–H groups in total. The van der Waals surface area contributed by atoms with Crippen LogP contribution in [0.3, 0.4) is 0 Å². The van der Waals surface area contributed by atoms with Gasteiger partial charge in [-0.1, -0.05) is 6.07 Å². The number of thioether (sulfide) groups is 1.